The molecular formula is C19H20BrNO2. The van der Waals surface area contributed by atoms with Crippen LogP contribution >= 0.6 is 15.9 Å². The van der Waals surface area contributed by atoms with Gasteiger partial charge in [0, 0.05) is 19.0 Å². The zero-order chi connectivity index (χ0) is 16.2. The third kappa shape index (κ3) is 3.42. The first kappa shape index (κ1) is 16.1. The molecule has 1 atom stereocenters. The molecule has 0 fully saturated rings. The molecule has 23 heavy (non-hydrogen) atoms. The van der Waals surface area contributed by atoms with Crippen molar-refractivity contribution in [3.63, 3.8) is 0 Å². The molecule has 0 bridgehead atoms. The van der Waals surface area contributed by atoms with E-state index in [2.05, 4.69) is 52.3 Å². The molecule has 1 unspecified atom stereocenters. The van der Waals surface area contributed by atoms with E-state index >= 15 is 0 Å². The number of hydrogen-bond donors (Lipinski definition) is 0. The molecule has 1 amide bonds. The molecular weight excluding hydrogens is 354 g/mol. The second-order valence-corrected chi connectivity index (χ2v) is 6.31. The van der Waals surface area contributed by atoms with Crippen LogP contribution in [0, 0.1) is 0 Å². The number of methoxy groups -OCH3 is 1. The van der Waals surface area contributed by atoms with Gasteiger partial charge in [0.15, 0.2) is 0 Å². The predicted octanol–water partition coefficient (Wildman–Crippen LogP) is 3.61. The highest BCUT2D eigenvalue weighted by Gasteiger charge is 2.26. The minimum absolute atomic E-state index is 0.144. The molecule has 0 aromatic heterocycles. The number of ether oxygens (including phenoxy) is 1. The van der Waals surface area contributed by atoms with Crippen LogP contribution in [0.15, 0.2) is 48.5 Å². The number of amides is 1. The van der Waals surface area contributed by atoms with E-state index in [0.29, 0.717) is 11.9 Å². The molecule has 0 saturated heterocycles. The molecule has 1 heterocycles. The Labute approximate surface area is 145 Å². The van der Waals surface area contributed by atoms with Crippen LogP contribution in [0.1, 0.15) is 22.6 Å². The number of hydrogen-bond acceptors (Lipinski definition) is 2. The van der Waals surface area contributed by atoms with Crippen molar-refractivity contribution in [3.8, 4) is 5.75 Å². The van der Waals surface area contributed by atoms with Crippen molar-refractivity contribution in [1.82, 2.24) is 4.90 Å². The van der Waals surface area contributed by atoms with E-state index in [0.717, 1.165) is 18.7 Å². The van der Waals surface area contributed by atoms with Crippen molar-refractivity contribution >= 4 is 21.8 Å². The molecule has 0 N–H and O–H groups in total. The number of carbonyl (C=O) groups excluding carboxylic acids is 1. The standard InChI is InChI=1S/C19H20BrNO2/c1-23-16-8-7-15-9-10-21(19(22)12-20)13-18(17(15)11-16)14-5-3-2-4-6-14/h2-8,11,18H,9-10,12-13H2,1H3. The Kier molecular flexibility index (Phi) is 5.01. The van der Waals surface area contributed by atoms with E-state index in [1.54, 1.807) is 7.11 Å². The molecule has 0 saturated carbocycles. The van der Waals surface area contributed by atoms with E-state index in [4.69, 9.17) is 4.74 Å². The summed E-state index contributed by atoms with van der Waals surface area (Å²) in [4.78, 5) is 14.2. The Morgan fingerprint density at radius 1 is 1.26 bits per heavy atom. The molecule has 0 radical (unpaired) electrons. The first-order chi connectivity index (χ1) is 11.2. The number of alkyl halides is 1. The lowest BCUT2D eigenvalue weighted by atomic mass is 9.88. The van der Waals surface area contributed by atoms with E-state index in [9.17, 15) is 4.79 Å². The smallest absolute Gasteiger partial charge is 0.233 e. The minimum Gasteiger partial charge on any atom is -0.497 e. The maximum absolute atomic E-state index is 12.2. The summed E-state index contributed by atoms with van der Waals surface area (Å²) < 4.78 is 5.41. The normalized spacial score (nSPS) is 17.3. The summed E-state index contributed by atoms with van der Waals surface area (Å²) >= 11 is 3.30. The Morgan fingerprint density at radius 3 is 2.74 bits per heavy atom. The highest BCUT2D eigenvalue weighted by molar-refractivity contribution is 9.09. The Balaban J connectivity index is 2.05. The van der Waals surface area contributed by atoms with Crippen LogP contribution in [-0.4, -0.2) is 36.3 Å². The van der Waals surface area contributed by atoms with Gasteiger partial charge in [-0.3, -0.25) is 4.79 Å². The van der Waals surface area contributed by atoms with E-state index < -0.39 is 0 Å². The van der Waals surface area contributed by atoms with E-state index in [1.165, 1.54) is 16.7 Å². The summed E-state index contributed by atoms with van der Waals surface area (Å²) in [6.45, 7) is 1.46. The Morgan fingerprint density at radius 2 is 2.04 bits per heavy atom. The van der Waals surface area contributed by atoms with Crippen LogP contribution in [0.25, 0.3) is 0 Å². The topological polar surface area (TPSA) is 29.5 Å². The molecule has 2 aromatic carbocycles. The Hall–Kier alpha value is -1.81. The number of benzene rings is 2. The first-order valence-corrected chi connectivity index (χ1v) is 8.90. The van der Waals surface area contributed by atoms with Crippen LogP contribution in [0.3, 0.4) is 0 Å². The van der Waals surface area contributed by atoms with Crippen LogP contribution < -0.4 is 4.74 Å². The quantitative estimate of drug-likeness (QED) is 0.769. The van der Waals surface area contributed by atoms with Crippen molar-refractivity contribution in [3.05, 3.63) is 65.2 Å². The van der Waals surface area contributed by atoms with Crippen LogP contribution in [0.4, 0.5) is 0 Å². The van der Waals surface area contributed by atoms with E-state index in [1.807, 2.05) is 17.0 Å². The summed E-state index contributed by atoms with van der Waals surface area (Å²) in [6, 6.07) is 16.7. The van der Waals surface area contributed by atoms with Crippen molar-refractivity contribution in [1.29, 1.82) is 0 Å². The molecule has 3 nitrogen and oxygen atoms in total. The number of rotatable bonds is 3. The zero-order valence-corrected chi connectivity index (χ0v) is 14.8. The summed E-state index contributed by atoms with van der Waals surface area (Å²) in [5.74, 6) is 1.18. The molecule has 0 spiro atoms. The zero-order valence-electron chi connectivity index (χ0n) is 13.2. The van der Waals surface area contributed by atoms with Gasteiger partial charge in [0.1, 0.15) is 5.75 Å². The lowest BCUT2D eigenvalue weighted by Gasteiger charge is -2.25. The van der Waals surface area contributed by atoms with Gasteiger partial charge in [0.25, 0.3) is 0 Å². The average Bonchev–Trinajstić information content (AvgIpc) is 2.81. The highest BCUT2D eigenvalue weighted by atomic mass is 79.9. The summed E-state index contributed by atoms with van der Waals surface area (Å²) in [6.07, 6.45) is 0.876. The van der Waals surface area contributed by atoms with Gasteiger partial charge >= 0.3 is 0 Å². The van der Waals surface area contributed by atoms with Gasteiger partial charge in [-0.2, -0.15) is 0 Å². The SMILES string of the molecule is COc1ccc2c(c1)C(c1ccccc1)CN(C(=O)CBr)CC2. The predicted molar refractivity (Wildman–Crippen MR) is 95.4 cm³/mol. The van der Waals surface area contributed by atoms with Crippen LogP contribution in [0.2, 0.25) is 0 Å². The molecule has 2 aromatic rings. The monoisotopic (exact) mass is 373 g/mol. The van der Waals surface area contributed by atoms with Gasteiger partial charge in [-0.25, -0.2) is 0 Å². The van der Waals surface area contributed by atoms with Gasteiger partial charge in [0.2, 0.25) is 5.91 Å². The van der Waals surface area contributed by atoms with Crippen molar-refractivity contribution < 1.29 is 9.53 Å². The Bertz CT molecular complexity index is 687. The second kappa shape index (κ2) is 7.18. The van der Waals surface area contributed by atoms with Gasteiger partial charge < -0.3 is 9.64 Å². The summed E-state index contributed by atoms with van der Waals surface area (Å²) in [5, 5.41) is 0.369. The van der Waals surface area contributed by atoms with Crippen LogP contribution in [-0.2, 0) is 11.2 Å². The van der Waals surface area contributed by atoms with Gasteiger partial charge in [-0.05, 0) is 35.2 Å². The summed E-state index contributed by atoms with van der Waals surface area (Å²) in [7, 11) is 1.69. The number of halogens is 1. The fourth-order valence-electron chi connectivity index (χ4n) is 3.20. The lowest BCUT2D eigenvalue weighted by molar-refractivity contribution is -0.128. The number of nitrogens with zero attached hydrogens (tertiary/aromatic N) is 1. The third-order valence-corrected chi connectivity index (χ3v) is 4.93. The first-order valence-electron chi connectivity index (χ1n) is 7.78. The highest BCUT2D eigenvalue weighted by Crippen LogP contribution is 2.33. The number of carbonyl (C=O) groups is 1. The maximum Gasteiger partial charge on any atom is 0.233 e. The van der Waals surface area contributed by atoms with E-state index in [-0.39, 0.29) is 11.8 Å². The van der Waals surface area contributed by atoms with Gasteiger partial charge in [-0.1, -0.05) is 52.3 Å². The van der Waals surface area contributed by atoms with Gasteiger partial charge in [0.05, 0.1) is 12.4 Å². The second-order valence-electron chi connectivity index (χ2n) is 5.75. The molecule has 1 aliphatic rings. The molecule has 120 valence electrons. The largest absolute Gasteiger partial charge is 0.497 e. The fraction of sp³-hybridized carbons (Fsp3) is 0.316. The number of fused-ring (bicyclic) bond motifs is 1. The van der Waals surface area contributed by atoms with Gasteiger partial charge in [-0.15, -0.1) is 0 Å². The van der Waals surface area contributed by atoms with Crippen molar-refractivity contribution in [2.45, 2.75) is 12.3 Å². The van der Waals surface area contributed by atoms with Crippen LogP contribution in [0.5, 0.6) is 5.75 Å². The lowest BCUT2D eigenvalue weighted by Crippen LogP contribution is -2.35. The molecule has 3 rings (SSSR count). The molecule has 4 heteroatoms. The summed E-state index contributed by atoms with van der Waals surface area (Å²) in [5.41, 5.74) is 3.79. The van der Waals surface area contributed by atoms with Crippen molar-refractivity contribution in [2.75, 3.05) is 25.5 Å². The van der Waals surface area contributed by atoms with Crippen molar-refractivity contribution in [2.24, 2.45) is 0 Å². The fourth-order valence-corrected chi connectivity index (χ4v) is 3.55. The third-order valence-electron chi connectivity index (χ3n) is 4.45. The average molecular weight is 374 g/mol. The minimum atomic E-state index is 0.144. The molecule has 1 aliphatic heterocycles. The maximum atomic E-state index is 12.2. The molecule has 0 aliphatic carbocycles.